The van der Waals surface area contributed by atoms with Crippen LogP contribution in [-0.4, -0.2) is 11.5 Å². The molecule has 4 nitrogen and oxygen atoms in total. The number of benzene rings is 1. The van der Waals surface area contributed by atoms with Crippen LogP contribution in [0.25, 0.3) is 0 Å². The number of aryl methyl sites for hydroxylation is 1. The third kappa shape index (κ3) is 2.73. The first-order valence-corrected chi connectivity index (χ1v) is 4.52. The van der Waals surface area contributed by atoms with Crippen molar-refractivity contribution in [3.05, 3.63) is 33.9 Å². The Morgan fingerprint density at radius 1 is 1.43 bits per heavy atom. The van der Waals surface area contributed by atoms with Gasteiger partial charge in [-0.15, -0.1) is 0 Å². The highest BCUT2D eigenvalue weighted by molar-refractivity contribution is 5.42. The fourth-order valence-corrected chi connectivity index (χ4v) is 1.14. The van der Waals surface area contributed by atoms with Crippen molar-refractivity contribution in [2.24, 2.45) is 0 Å². The summed E-state index contributed by atoms with van der Waals surface area (Å²) in [4.78, 5) is 10.1. The number of hydrogen-bond acceptors (Lipinski definition) is 3. The molecule has 0 bridgehead atoms. The van der Waals surface area contributed by atoms with Gasteiger partial charge in [0.2, 0.25) is 0 Å². The Balaban J connectivity index is 2.89. The van der Waals surface area contributed by atoms with Gasteiger partial charge in [-0.05, 0) is 25.0 Å². The van der Waals surface area contributed by atoms with Gasteiger partial charge in [-0.1, -0.05) is 6.92 Å². The van der Waals surface area contributed by atoms with Crippen molar-refractivity contribution >= 4 is 5.69 Å². The van der Waals surface area contributed by atoms with E-state index in [1.807, 2.05) is 13.8 Å². The lowest BCUT2D eigenvalue weighted by Crippen LogP contribution is -1.96. The van der Waals surface area contributed by atoms with E-state index in [0.29, 0.717) is 12.4 Å². The summed E-state index contributed by atoms with van der Waals surface area (Å²) >= 11 is 0. The molecule has 0 aliphatic rings. The second kappa shape index (κ2) is 4.60. The number of non-ortho nitro benzene ring substituents is 1. The molecule has 0 fully saturated rings. The van der Waals surface area contributed by atoms with E-state index in [2.05, 4.69) is 0 Å². The predicted molar refractivity (Wildman–Crippen MR) is 53.6 cm³/mol. The summed E-state index contributed by atoms with van der Waals surface area (Å²) in [6.45, 7) is 4.39. The lowest BCUT2D eigenvalue weighted by molar-refractivity contribution is -0.385. The quantitative estimate of drug-likeness (QED) is 0.548. The van der Waals surface area contributed by atoms with Gasteiger partial charge in [0.05, 0.1) is 17.6 Å². The minimum atomic E-state index is -0.411. The van der Waals surface area contributed by atoms with E-state index in [9.17, 15) is 10.1 Å². The van der Waals surface area contributed by atoms with E-state index >= 15 is 0 Å². The molecule has 0 aliphatic carbocycles. The first-order chi connectivity index (χ1) is 6.63. The Hall–Kier alpha value is -1.58. The van der Waals surface area contributed by atoms with Crippen LogP contribution in [0.4, 0.5) is 5.69 Å². The maximum atomic E-state index is 10.5. The summed E-state index contributed by atoms with van der Waals surface area (Å²) < 4.78 is 5.32. The molecule has 1 aromatic rings. The number of hydrogen-bond donors (Lipinski definition) is 0. The van der Waals surface area contributed by atoms with Gasteiger partial charge in [0.15, 0.2) is 0 Å². The molecule has 1 aromatic carbocycles. The summed E-state index contributed by atoms with van der Waals surface area (Å²) in [7, 11) is 0. The number of nitro groups is 1. The minimum absolute atomic E-state index is 0.0797. The van der Waals surface area contributed by atoms with Crippen LogP contribution in [0.5, 0.6) is 5.75 Å². The number of nitrogens with zero attached hydrogens (tertiary/aromatic N) is 1. The normalized spacial score (nSPS) is 9.86. The average Bonchev–Trinajstić information content (AvgIpc) is 2.14. The maximum Gasteiger partial charge on any atom is 0.273 e. The lowest BCUT2D eigenvalue weighted by atomic mass is 10.2. The zero-order chi connectivity index (χ0) is 10.6. The molecule has 14 heavy (non-hydrogen) atoms. The molecule has 0 radical (unpaired) electrons. The molecular weight excluding hydrogens is 182 g/mol. The molecule has 4 heteroatoms. The van der Waals surface area contributed by atoms with Crippen LogP contribution < -0.4 is 4.74 Å². The second-order valence-electron chi connectivity index (χ2n) is 3.11. The number of nitro benzene ring substituents is 1. The zero-order valence-corrected chi connectivity index (χ0v) is 8.32. The third-order valence-corrected chi connectivity index (χ3v) is 1.72. The minimum Gasteiger partial charge on any atom is -0.493 e. The monoisotopic (exact) mass is 195 g/mol. The van der Waals surface area contributed by atoms with E-state index < -0.39 is 4.92 Å². The summed E-state index contributed by atoms with van der Waals surface area (Å²) in [6, 6.07) is 4.77. The fraction of sp³-hybridized carbons (Fsp3) is 0.400. The topological polar surface area (TPSA) is 52.4 Å². The van der Waals surface area contributed by atoms with Gasteiger partial charge in [0.25, 0.3) is 5.69 Å². The molecule has 0 heterocycles. The van der Waals surface area contributed by atoms with Crippen LogP contribution in [0, 0.1) is 17.0 Å². The fourth-order valence-electron chi connectivity index (χ4n) is 1.14. The molecule has 0 unspecified atom stereocenters. The summed E-state index contributed by atoms with van der Waals surface area (Å²) in [6.07, 6.45) is 0.891. The molecule has 0 aliphatic heterocycles. The van der Waals surface area contributed by atoms with Gasteiger partial charge >= 0.3 is 0 Å². The molecule has 0 N–H and O–H groups in total. The summed E-state index contributed by atoms with van der Waals surface area (Å²) in [5, 5.41) is 10.5. The van der Waals surface area contributed by atoms with Crippen molar-refractivity contribution in [1.82, 2.24) is 0 Å². The Kier molecular flexibility index (Phi) is 3.45. The van der Waals surface area contributed by atoms with Crippen molar-refractivity contribution in [3.63, 3.8) is 0 Å². The van der Waals surface area contributed by atoms with E-state index in [4.69, 9.17) is 4.74 Å². The largest absolute Gasteiger partial charge is 0.493 e. The first kappa shape index (κ1) is 10.5. The van der Waals surface area contributed by atoms with Crippen molar-refractivity contribution in [1.29, 1.82) is 0 Å². The third-order valence-electron chi connectivity index (χ3n) is 1.72. The molecule has 0 saturated carbocycles. The molecular formula is C10H13NO3. The van der Waals surface area contributed by atoms with Gasteiger partial charge in [0, 0.05) is 6.07 Å². The van der Waals surface area contributed by atoms with Crippen molar-refractivity contribution < 1.29 is 9.66 Å². The van der Waals surface area contributed by atoms with Gasteiger partial charge in [0.1, 0.15) is 5.75 Å². The average molecular weight is 195 g/mol. The smallest absolute Gasteiger partial charge is 0.273 e. The van der Waals surface area contributed by atoms with Crippen LogP contribution in [0.2, 0.25) is 0 Å². The summed E-state index contributed by atoms with van der Waals surface area (Å²) in [5.41, 5.74) is 0.918. The highest BCUT2D eigenvalue weighted by Gasteiger charge is 2.08. The number of rotatable bonds is 4. The molecule has 0 aromatic heterocycles. The second-order valence-corrected chi connectivity index (χ2v) is 3.11. The molecule has 0 saturated heterocycles. The SMILES string of the molecule is CCCOc1cc(C)cc([N+](=O)[O-])c1. The van der Waals surface area contributed by atoms with Gasteiger partial charge in [-0.2, -0.15) is 0 Å². The van der Waals surface area contributed by atoms with Crippen molar-refractivity contribution in [2.45, 2.75) is 20.3 Å². The number of ether oxygens (including phenoxy) is 1. The predicted octanol–water partition coefficient (Wildman–Crippen LogP) is 2.69. The lowest BCUT2D eigenvalue weighted by Gasteiger charge is -2.04. The van der Waals surface area contributed by atoms with E-state index in [1.165, 1.54) is 12.1 Å². The van der Waals surface area contributed by atoms with Gasteiger partial charge in [-0.25, -0.2) is 0 Å². The van der Waals surface area contributed by atoms with E-state index in [0.717, 1.165) is 12.0 Å². The van der Waals surface area contributed by atoms with E-state index in [-0.39, 0.29) is 5.69 Å². The Bertz CT molecular complexity index is 336. The van der Waals surface area contributed by atoms with Crippen LogP contribution in [0.1, 0.15) is 18.9 Å². The maximum absolute atomic E-state index is 10.5. The van der Waals surface area contributed by atoms with Gasteiger partial charge in [-0.3, -0.25) is 10.1 Å². The van der Waals surface area contributed by atoms with Crippen molar-refractivity contribution in [2.75, 3.05) is 6.61 Å². The molecule has 0 spiro atoms. The van der Waals surface area contributed by atoms with Gasteiger partial charge < -0.3 is 4.74 Å². The standard InChI is InChI=1S/C10H13NO3/c1-3-4-14-10-6-8(2)5-9(7-10)11(12)13/h5-7H,3-4H2,1-2H3. The first-order valence-electron chi connectivity index (χ1n) is 4.52. The van der Waals surface area contributed by atoms with Crippen LogP contribution in [0.3, 0.4) is 0 Å². The highest BCUT2D eigenvalue weighted by Crippen LogP contribution is 2.22. The Labute approximate surface area is 82.7 Å². The Morgan fingerprint density at radius 3 is 2.71 bits per heavy atom. The molecule has 1 rings (SSSR count). The van der Waals surface area contributed by atoms with Crippen LogP contribution in [-0.2, 0) is 0 Å². The van der Waals surface area contributed by atoms with E-state index in [1.54, 1.807) is 6.07 Å². The summed E-state index contributed by atoms with van der Waals surface area (Å²) in [5.74, 6) is 0.568. The molecule has 0 amide bonds. The van der Waals surface area contributed by atoms with Crippen LogP contribution >= 0.6 is 0 Å². The van der Waals surface area contributed by atoms with Crippen LogP contribution in [0.15, 0.2) is 18.2 Å². The Morgan fingerprint density at radius 2 is 2.14 bits per heavy atom. The molecule has 0 atom stereocenters. The highest BCUT2D eigenvalue weighted by atomic mass is 16.6. The zero-order valence-electron chi connectivity index (χ0n) is 8.32. The molecule has 76 valence electrons. The van der Waals surface area contributed by atoms with Crippen molar-refractivity contribution in [3.8, 4) is 5.75 Å².